The molecule has 1 aliphatic rings. The molecule has 1 unspecified atom stereocenters. The van der Waals surface area contributed by atoms with Crippen LogP contribution in [0.1, 0.15) is 29.3 Å². The summed E-state index contributed by atoms with van der Waals surface area (Å²) in [5.41, 5.74) is 4.80. The molecule has 4 nitrogen and oxygen atoms in total. The van der Waals surface area contributed by atoms with Crippen molar-refractivity contribution in [3.63, 3.8) is 0 Å². The van der Waals surface area contributed by atoms with E-state index >= 15 is 0 Å². The topological polar surface area (TPSA) is 41.1 Å². The summed E-state index contributed by atoms with van der Waals surface area (Å²) in [4.78, 5) is 11.3. The van der Waals surface area contributed by atoms with Gasteiger partial charge in [-0.1, -0.05) is 0 Å². The Bertz CT molecular complexity index is 597. The van der Waals surface area contributed by atoms with Crippen molar-refractivity contribution in [2.45, 2.75) is 25.8 Å². The molecule has 0 radical (unpaired) electrons. The first kappa shape index (κ1) is 14.0. The smallest absolute Gasteiger partial charge is 0.0471 e. The number of aryl methyl sites for hydroxylation is 1. The highest BCUT2D eigenvalue weighted by atomic mass is 15.1. The van der Waals surface area contributed by atoms with Crippen LogP contribution in [-0.4, -0.2) is 35.0 Å². The Labute approximate surface area is 126 Å². The molecule has 3 rings (SSSR count). The fraction of sp³-hybridized carbons (Fsp3) is 0.412. The monoisotopic (exact) mass is 282 g/mol. The summed E-state index contributed by atoms with van der Waals surface area (Å²) in [5.74, 6) is 0.541. The van der Waals surface area contributed by atoms with E-state index in [4.69, 9.17) is 4.98 Å². The molecule has 0 amide bonds. The third-order valence-electron chi connectivity index (χ3n) is 4.11. The van der Waals surface area contributed by atoms with Gasteiger partial charge in [0, 0.05) is 55.5 Å². The fourth-order valence-corrected chi connectivity index (χ4v) is 3.01. The van der Waals surface area contributed by atoms with Gasteiger partial charge in [0.05, 0.1) is 0 Å². The lowest BCUT2D eigenvalue weighted by molar-refractivity contribution is 0.326. The molecule has 2 aromatic heterocycles. The summed E-state index contributed by atoms with van der Waals surface area (Å²) in [5, 5.41) is 3.22. The van der Waals surface area contributed by atoms with Crippen LogP contribution in [0.25, 0.3) is 0 Å². The van der Waals surface area contributed by atoms with E-state index in [9.17, 15) is 0 Å². The minimum absolute atomic E-state index is 0.541. The third-order valence-corrected chi connectivity index (χ3v) is 4.11. The van der Waals surface area contributed by atoms with Gasteiger partial charge in [-0.2, -0.15) is 0 Å². The minimum atomic E-state index is 0.541. The standard InChI is InChI=1S/C17H22N4/c1-13-9-16(18-2)10-17(20-13)15-5-8-21(12-15)11-14-3-6-19-7-4-14/h3-4,6-7,9-10,15H,5,8,11-12H2,1-2H3,(H,18,20). The number of likely N-dealkylation sites (tertiary alicyclic amines) is 1. The van der Waals surface area contributed by atoms with E-state index in [1.54, 1.807) is 0 Å². The molecule has 0 bridgehead atoms. The average molecular weight is 282 g/mol. The summed E-state index contributed by atoms with van der Waals surface area (Å²) in [7, 11) is 1.96. The molecular weight excluding hydrogens is 260 g/mol. The number of rotatable bonds is 4. The van der Waals surface area contributed by atoms with E-state index in [0.717, 1.165) is 31.0 Å². The summed E-state index contributed by atoms with van der Waals surface area (Å²) in [6.45, 7) is 5.29. The van der Waals surface area contributed by atoms with Crippen LogP contribution in [0.5, 0.6) is 0 Å². The Hall–Kier alpha value is -1.94. The highest BCUT2D eigenvalue weighted by Crippen LogP contribution is 2.28. The van der Waals surface area contributed by atoms with Gasteiger partial charge in [0.25, 0.3) is 0 Å². The molecule has 0 saturated carbocycles. The van der Waals surface area contributed by atoms with Crippen LogP contribution in [-0.2, 0) is 6.54 Å². The Morgan fingerprint density at radius 1 is 1.29 bits per heavy atom. The van der Waals surface area contributed by atoms with Gasteiger partial charge in [-0.05, 0) is 49.7 Å². The zero-order valence-corrected chi connectivity index (χ0v) is 12.7. The molecule has 1 aliphatic heterocycles. The Morgan fingerprint density at radius 2 is 2.10 bits per heavy atom. The van der Waals surface area contributed by atoms with Crippen molar-refractivity contribution in [2.75, 3.05) is 25.5 Å². The molecule has 1 atom stereocenters. The van der Waals surface area contributed by atoms with E-state index < -0.39 is 0 Å². The average Bonchev–Trinajstić information content (AvgIpc) is 2.96. The molecule has 4 heteroatoms. The van der Waals surface area contributed by atoms with Crippen LogP contribution in [0.15, 0.2) is 36.7 Å². The fourth-order valence-electron chi connectivity index (χ4n) is 3.01. The lowest BCUT2D eigenvalue weighted by atomic mass is 10.0. The van der Waals surface area contributed by atoms with Crippen molar-refractivity contribution in [3.05, 3.63) is 53.6 Å². The maximum Gasteiger partial charge on any atom is 0.0471 e. The van der Waals surface area contributed by atoms with Gasteiger partial charge >= 0.3 is 0 Å². The molecule has 0 spiro atoms. The molecule has 3 heterocycles. The van der Waals surface area contributed by atoms with Gasteiger partial charge in [0.2, 0.25) is 0 Å². The van der Waals surface area contributed by atoms with Crippen LogP contribution in [0.2, 0.25) is 0 Å². The second-order valence-electron chi connectivity index (χ2n) is 5.75. The quantitative estimate of drug-likeness (QED) is 0.936. The van der Waals surface area contributed by atoms with E-state index in [-0.39, 0.29) is 0 Å². The lowest BCUT2D eigenvalue weighted by Crippen LogP contribution is -2.20. The Balaban J connectivity index is 1.68. The first-order valence-corrected chi connectivity index (χ1v) is 7.52. The molecule has 110 valence electrons. The van der Waals surface area contributed by atoms with Crippen molar-refractivity contribution in [1.82, 2.24) is 14.9 Å². The number of pyridine rings is 2. The number of anilines is 1. The van der Waals surface area contributed by atoms with Crippen molar-refractivity contribution in [1.29, 1.82) is 0 Å². The minimum Gasteiger partial charge on any atom is -0.388 e. The van der Waals surface area contributed by atoms with E-state index in [1.165, 1.54) is 17.7 Å². The first-order valence-electron chi connectivity index (χ1n) is 7.52. The normalized spacial score (nSPS) is 18.9. The number of hydrogen-bond donors (Lipinski definition) is 1. The number of aromatic nitrogens is 2. The molecule has 2 aromatic rings. The molecule has 1 fully saturated rings. The molecule has 21 heavy (non-hydrogen) atoms. The summed E-state index contributed by atoms with van der Waals surface area (Å²) >= 11 is 0. The SMILES string of the molecule is CNc1cc(C)nc(C2CCN(Cc3ccncc3)C2)c1. The highest BCUT2D eigenvalue weighted by Gasteiger charge is 2.25. The zero-order chi connectivity index (χ0) is 14.7. The molecule has 0 aliphatic carbocycles. The molecule has 1 N–H and O–H groups in total. The number of nitrogens with one attached hydrogen (secondary N) is 1. The highest BCUT2D eigenvalue weighted by molar-refractivity contribution is 5.45. The van der Waals surface area contributed by atoms with Crippen LogP contribution >= 0.6 is 0 Å². The zero-order valence-electron chi connectivity index (χ0n) is 12.7. The van der Waals surface area contributed by atoms with Gasteiger partial charge in [-0.3, -0.25) is 14.9 Å². The third kappa shape index (κ3) is 3.39. The van der Waals surface area contributed by atoms with Crippen molar-refractivity contribution in [2.24, 2.45) is 0 Å². The van der Waals surface area contributed by atoms with Gasteiger partial charge in [0.1, 0.15) is 0 Å². The van der Waals surface area contributed by atoms with Crippen molar-refractivity contribution in [3.8, 4) is 0 Å². The van der Waals surface area contributed by atoms with Crippen LogP contribution in [0.3, 0.4) is 0 Å². The van der Waals surface area contributed by atoms with E-state index in [0.29, 0.717) is 5.92 Å². The summed E-state index contributed by atoms with van der Waals surface area (Å²) < 4.78 is 0. The van der Waals surface area contributed by atoms with Crippen LogP contribution < -0.4 is 5.32 Å². The number of hydrogen-bond acceptors (Lipinski definition) is 4. The van der Waals surface area contributed by atoms with Gasteiger partial charge in [-0.15, -0.1) is 0 Å². The molecule has 0 aromatic carbocycles. The van der Waals surface area contributed by atoms with Crippen molar-refractivity contribution >= 4 is 5.69 Å². The Kier molecular flexibility index (Phi) is 4.15. The summed E-state index contributed by atoms with van der Waals surface area (Å²) in [6, 6.07) is 8.47. The van der Waals surface area contributed by atoms with E-state index in [2.05, 4.69) is 46.4 Å². The number of nitrogens with zero attached hydrogens (tertiary/aromatic N) is 3. The molecule has 1 saturated heterocycles. The maximum atomic E-state index is 4.73. The maximum absolute atomic E-state index is 4.73. The van der Waals surface area contributed by atoms with Gasteiger partial charge in [-0.25, -0.2) is 0 Å². The second kappa shape index (κ2) is 6.22. The summed E-state index contributed by atoms with van der Waals surface area (Å²) in [6.07, 6.45) is 4.92. The van der Waals surface area contributed by atoms with Crippen LogP contribution in [0, 0.1) is 6.92 Å². The molecular formula is C17H22N4. The lowest BCUT2D eigenvalue weighted by Gasteiger charge is -2.16. The van der Waals surface area contributed by atoms with Crippen LogP contribution in [0.4, 0.5) is 5.69 Å². The van der Waals surface area contributed by atoms with E-state index in [1.807, 2.05) is 19.4 Å². The van der Waals surface area contributed by atoms with Gasteiger partial charge < -0.3 is 5.32 Å². The predicted octanol–water partition coefficient (Wildman–Crippen LogP) is 2.82. The largest absolute Gasteiger partial charge is 0.388 e. The van der Waals surface area contributed by atoms with Gasteiger partial charge in [0.15, 0.2) is 0 Å². The van der Waals surface area contributed by atoms with Crippen molar-refractivity contribution < 1.29 is 0 Å². The first-order chi connectivity index (χ1) is 10.2. The Morgan fingerprint density at radius 3 is 2.86 bits per heavy atom. The second-order valence-corrected chi connectivity index (χ2v) is 5.75. The predicted molar refractivity (Wildman–Crippen MR) is 85.4 cm³/mol.